The van der Waals surface area contributed by atoms with Crippen molar-refractivity contribution in [2.45, 2.75) is 32.0 Å². The van der Waals surface area contributed by atoms with E-state index in [9.17, 15) is 4.79 Å². The van der Waals surface area contributed by atoms with Crippen molar-refractivity contribution in [3.8, 4) is 0 Å². The number of pyridine rings is 1. The van der Waals surface area contributed by atoms with Crippen LogP contribution < -0.4 is 5.32 Å². The standard InChI is InChI=1S/C13H19N3O2/c1-10-7-16(8-11-4-2-3-5-14-11)9-12(15-10)6-13(17)18/h2-5,10,12,15H,6-9H2,1H3,(H,17,18). The summed E-state index contributed by atoms with van der Waals surface area (Å²) in [6, 6.07) is 6.21. The molecule has 0 amide bonds. The van der Waals surface area contributed by atoms with E-state index in [4.69, 9.17) is 5.11 Å². The Morgan fingerprint density at radius 1 is 1.56 bits per heavy atom. The van der Waals surface area contributed by atoms with Gasteiger partial charge in [0.1, 0.15) is 0 Å². The van der Waals surface area contributed by atoms with E-state index in [-0.39, 0.29) is 12.5 Å². The van der Waals surface area contributed by atoms with Gasteiger partial charge in [-0.25, -0.2) is 0 Å². The Bertz CT molecular complexity index is 396. The fraction of sp³-hybridized carbons (Fsp3) is 0.538. The second kappa shape index (κ2) is 5.93. The van der Waals surface area contributed by atoms with Crippen LogP contribution in [-0.2, 0) is 11.3 Å². The molecule has 2 rings (SSSR count). The van der Waals surface area contributed by atoms with E-state index in [2.05, 4.69) is 22.1 Å². The van der Waals surface area contributed by atoms with Crippen LogP contribution in [0, 0.1) is 0 Å². The monoisotopic (exact) mass is 249 g/mol. The minimum atomic E-state index is -0.751. The third kappa shape index (κ3) is 3.78. The molecule has 0 radical (unpaired) electrons. The minimum absolute atomic E-state index is 0.0231. The van der Waals surface area contributed by atoms with Crippen LogP contribution >= 0.6 is 0 Å². The number of hydrogen-bond acceptors (Lipinski definition) is 4. The summed E-state index contributed by atoms with van der Waals surface area (Å²) >= 11 is 0. The lowest BCUT2D eigenvalue weighted by Crippen LogP contribution is -2.55. The van der Waals surface area contributed by atoms with Gasteiger partial charge in [-0.15, -0.1) is 0 Å². The van der Waals surface area contributed by atoms with Crippen LogP contribution in [0.5, 0.6) is 0 Å². The molecule has 0 aliphatic carbocycles. The van der Waals surface area contributed by atoms with Crippen molar-refractivity contribution in [3.63, 3.8) is 0 Å². The maximum Gasteiger partial charge on any atom is 0.304 e. The summed E-state index contributed by atoms with van der Waals surface area (Å²) in [5.74, 6) is -0.751. The molecule has 1 aliphatic rings. The van der Waals surface area contributed by atoms with Gasteiger partial charge in [0.05, 0.1) is 12.1 Å². The largest absolute Gasteiger partial charge is 0.481 e. The van der Waals surface area contributed by atoms with Gasteiger partial charge >= 0.3 is 5.97 Å². The predicted octanol–water partition coefficient (Wildman–Crippen LogP) is 0.719. The average Bonchev–Trinajstić information content (AvgIpc) is 2.28. The van der Waals surface area contributed by atoms with Crippen LogP contribution in [0.15, 0.2) is 24.4 Å². The number of carboxylic acid groups (broad SMARTS) is 1. The summed E-state index contributed by atoms with van der Waals surface area (Å²) in [6.07, 6.45) is 1.96. The highest BCUT2D eigenvalue weighted by Crippen LogP contribution is 2.10. The summed E-state index contributed by atoms with van der Waals surface area (Å²) < 4.78 is 0. The highest BCUT2D eigenvalue weighted by molar-refractivity contribution is 5.67. The lowest BCUT2D eigenvalue weighted by atomic mass is 10.1. The number of aromatic nitrogens is 1. The first-order chi connectivity index (χ1) is 8.63. The zero-order valence-corrected chi connectivity index (χ0v) is 10.5. The van der Waals surface area contributed by atoms with Crippen molar-refractivity contribution in [3.05, 3.63) is 30.1 Å². The normalized spacial score (nSPS) is 24.9. The van der Waals surface area contributed by atoms with Crippen molar-refractivity contribution in [1.29, 1.82) is 0 Å². The highest BCUT2D eigenvalue weighted by Gasteiger charge is 2.25. The van der Waals surface area contributed by atoms with E-state index in [0.29, 0.717) is 6.04 Å². The van der Waals surface area contributed by atoms with Crippen molar-refractivity contribution in [2.24, 2.45) is 0 Å². The maximum atomic E-state index is 10.8. The number of rotatable bonds is 4. The van der Waals surface area contributed by atoms with Crippen LogP contribution in [0.25, 0.3) is 0 Å². The average molecular weight is 249 g/mol. The van der Waals surface area contributed by atoms with Gasteiger partial charge in [0, 0.05) is 37.9 Å². The first-order valence-electron chi connectivity index (χ1n) is 6.23. The van der Waals surface area contributed by atoms with Gasteiger partial charge in [-0.3, -0.25) is 14.7 Å². The summed E-state index contributed by atoms with van der Waals surface area (Å²) in [7, 11) is 0. The molecule has 2 unspecified atom stereocenters. The molecule has 0 bridgehead atoms. The molecule has 0 spiro atoms. The molecule has 2 heterocycles. The molecule has 5 nitrogen and oxygen atoms in total. The van der Waals surface area contributed by atoms with Crippen molar-refractivity contribution < 1.29 is 9.90 Å². The number of carboxylic acids is 1. The Morgan fingerprint density at radius 3 is 3.06 bits per heavy atom. The number of piperazine rings is 1. The summed E-state index contributed by atoms with van der Waals surface area (Å²) in [4.78, 5) is 17.3. The van der Waals surface area contributed by atoms with Gasteiger partial charge in [-0.1, -0.05) is 6.07 Å². The number of carbonyl (C=O) groups is 1. The van der Waals surface area contributed by atoms with Crippen molar-refractivity contribution >= 4 is 5.97 Å². The Hall–Kier alpha value is -1.46. The molecule has 0 aromatic carbocycles. The molecular weight excluding hydrogens is 230 g/mol. The fourth-order valence-electron chi connectivity index (χ4n) is 2.47. The molecule has 1 saturated heterocycles. The topological polar surface area (TPSA) is 65.5 Å². The molecule has 2 atom stereocenters. The summed E-state index contributed by atoms with van der Waals surface area (Å²) in [6.45, 7) is 4.54. The molecule has 5 heteroatoms. The molecule has 1 aliphatic heterocycles. The van der Waals surface area contributed by atoms with Crippen LogP contribution in [0.1, 0.15) is 19.0 Å². The van der Waals surface area contributed by atoms with Crippen LogP contribution in [0.3, 0.4) is 0 Å². The van der Waals surface area contributed by atoms with Crippen LogP contribution in [-0.4, -0.2) is 46.1 Å². The zero-order valence-electron chi connectivity index (χ0n) is 10.5. The summed E-state index contributed by atoms with van der Waals surface area (Å²) in [5.41, 5.74) is 1.03. The van der Waals surface area contributed by atoms with Crippen LogP contribution in [0.2, 0.25) is 0 Å². The molecule has 18 heavy (non-hydrogen) atoms. The lowest BCUT2D eigenvalue weighted by Gasteiger charge is -2.36. The number of hydrogen-bond donors (Lipinski definition) is 2. The second-order valence-electron chi connectivity index (χ2n) is 4.88. The SMILES string of the molecule is CC1CN(Cc2ccccn2)CC(CC(=O)O)N1. The van der Waals surface area contributed by atoms with E-state index < -0.39 is 5.97 Å². The van der Waals surface area contributed by atoms with E-state index in [1.165, 1.54) is 0 Å². The zero-order chi connectivity index (χ0) is 13.0. The van der Waals surface area contributed by atoms with Gasteiger partial charge in [0.25, 0.3) is 0 Å². The van der Waals surface area contributed by atoms with Crippen molar-refractivity contribution in [1.82, 2.24) is 15.2 Å². The van der Waals surface area contributed by atoms with Crippen LogP contribution in [0.4, 0.5) is 0 Å². The predicted molar refractivity (Wildman–Crippen MR) is 68.2 cm³/mol. The molecule has 2 N–H and O–H groups in total. The third-order valence-corrected chi connectivity index (χ3v) is 3.06. The van der Waals surface area contributed by atoms with Gasteiger partial charge in [-0.2, -0.15) is 0 Å². The number of aliphatic carboxylic acids is 1. The fourth-order valence-corrected chi connectivity index (χ4v) is 2.47. The van der Waals surface area contributed by atoms with Gasteiger partial charge in [0.15, 0.2) is 0 Å². The number of nitrogens with one attached hydrogen (secondary N) is 1. The Kier molecular flexibility index (Phi) is 4.28. The third-order valence-electron chi connectivity index (χ3n) is 3.06. The molecule has 1 aromatic rings. The number of nitrogens with zero attached hydrogens (tertiary/aromatic N) is 2. The molecule has 1 aromatic heterocycles. The molecule has 98 valence electrons. The van der Waals surface area contributed by atoms with Gasteiger partial charge in [0.2, 0.25) is 0 Å². The molecule has 1 fully saturated rings. The highest BCUT2D eigenvalue weighted by atomic mass is 16.4. The Balaban J connectivity index is 1.94. The Morgan fingerprint density at radius 2 is 2.39 bits per heavy atom. The second-order valence-corrected chi connectivity index (χ2v) is 4.88. The van der Waals surface area contributed by atoms with Gasteiger partial charge < -0.3 is 10.4 Å². The Labute approximate surface area is 107 Å². The van der Waals surface area contributed by atoms with E-state index >= 15 is 0 Å². The lowest BCUT2D eigenvalue weighted by molar-refractivity contribution is -0.137. The van der Waals surface area contributed by atoms with E-state index in [1.54, 1.807) is 6.20 Å². The smallest absolute Gasteiger partial charge is 0.304 e. The quantitative estimate of drug-likeness (QED) is 0.823. The van der Waals surface area contributed by atoms with Crippen molar-refractivity contribution in [2.75, 3.05) is 13.1 Å². The molecular formula is C13H19N3O2. The van der Waals surface area contributed by atoms with E-state index in [0.717, 1.165) is 25.3 Å². The maximum absolute atomic E-state index is 10.8. The molecule has 0 saturated carbocycles. The minimum Gasteiger partial charge on any atom is -0.481 e. The van der Waals surface area contributed by atoms with E-state index in [1.807, 2.05) is 18.2 Å². The first kappa shape index (κ1) is 13.0. The first-order valence-corrected chi connectivity index (χ1v) is 6.23. The van der Waals surface area contributed by atoms with Gasteiger partial charge in [-0.05, 0) is 19.1 Å². The summed E-state index contributed by atoms with van der Waals surface area (Å²) in [5, 5.41) is 12.2.